The molecule has 0 saturated heterocycles. The lowest BCUT2D eigenvalue weighted by Crippen LogP contribution is -2.20. The Hall–Kier alpha value is -1.62. The maximum Gasteiger partial charge on any atom is 0.284 e. The SMILES string of the molecule is Cn1nc(-c2ccccc2)c(O)c(Br)c1=O. The van der Waals surface area contributed by atoms with E-state index in [-0.39, 0.29) is 15.8 Å². The highest BCUT2D eigenvalue weighted by molar-refractivity contribution is 9.10. The van der Waals surface area contributed by atoms with Crippen molar-refractivity contribution >= 4 is 15.9 Å². The van der Waals surface area contributed by atoms with E-state index in [0.717, 1.165) is 5.56 Å². The molecular weight excluding hydrogens is 272 g/mol. The van der Waals surface area contributed by atoms with Crippen molar-refractivity contribution in [3.8, 4) is 17.0 Å². The number of nitrogens with zero attached hydrogens (tertiary/aromatic N) is 2. The maximum atomic E-state index is 11.5. The van der Waals surface area contributed by atoms with Gasteiger partial charge in [-0.15, -0.1) is 0 Å². The molecule has 0 radical (unpaired) electrons. The van der Waals surface area contributed by atoms with E-state index in [1.165, 1.54) is 4.68 Å². The highest BCUT2D eigenvalue weighted by atomic mass is 79.9. The number of rotatable bonds is 1. The fourth-order valence-corrected chi connectivity index (χ4v) is 1.82. The highest BCUT2D eigenvalue weighted by Gasteiger charge is 2.14. The average molecular weight is 281 g/mol. The van der Waals surface area contributed by atoms with Crippen LogP contribution in [-0.4, -0.2) is 14.9 Å². The van der Waals surface area contributed by atoms with Crippen LogP contribution in [0.1, 0.15) is 0 Å². The van der Waals surface area contributed by atoms with E-state index in [1.54, 1.807) is 7.05 Å². The van der Waals surface area contributed by atoms with Gasteiger partial charge in [-0.1, -0.05) is 30.3 Å². The van der Waals surface area contributed by atoms with Crippen molar-refractivity contribution in [2.45, 2.75) is 0 Å². The topological polar surface area (TPSA) is 55.1 Å². The van der Waals surface area contributed by atoms with Gasteiger partial charge in [0.2, 0.25) is 0 Å². The molecule has 0 saturated carbocycles. The van der Waals surface area contributed by atoms with E-state index in [4.69, 9.17) is 0 Å². The van der Waals surface area contributed by atoms with E-state index in [1.807, 2.05) is 30.3 Å². The zero-order chi connectivity index (χ0) is 11.7. The lowest BCUT2D eigenvalue weighted by atomic mass is 10.1. The molecule has 4 nitrogen and oxygen atoms in total. The monoisotopic (exact) mass is 280 g/mol. The fraction of sp³-hybridized carbons (Fsp3) is 0.0909. The third kappa shape index (κ3) is 1.74. The molecule has 1 aromatic carbocycles. The van der Waals surface area contributed by atoms with Crippen LogP contribution in [0.2, 0.25) is 0 Å². The second-order valence-corrected chi connectivity index (χ2v) is 4.10. The van der Waals surface area contributed by atoms with Crippen LogP contribution in [0.5, 0.6) is 5.75 Å². The molecular formula is C11H9BrN2O2. The molecule has 16 heavy (non-hydrogen) atoms. The Bertz CT molecular complexity index is 579. The van der Waals surface area contributed by atoms with Gasteiger partial charge in [0.05, 0.1) is 0 Å². The van der Waals surface area contributed by atoms with E-state index in [2.05, 4.69) is 21.0 Å². The molecule has 0 fully saturated rings. The molecule has 1 aromatic heterocycles. The third-order valence-corrected chi connectivity index (χ3v) is 2.93. The predicted octanol–water partition coefficient (Wildman–Crippen LogP) is 1.92. The summed E-state index contributed by atoms with van der Waals surface area (Å²) >= 11 is 3.05. The standard InChI is InChI=1S/C11H9BrN2O2/c1-14-11(16)8(12)10(15)9(13-14)7-5-3-2-4-6-7/h2-6,15H,1H3. The van der Waals surface area contributed by atoms with Gasteiger partial charge in [-0.05, 0) is 15.9 Å². The summed E-state index contributed by atoms with van der Waals surface area (Å²) in [5.74, 6) is -0.130. The largest absolute Gasteiger partial charge is 0.504 e. The van der Waals surface area contributed by atoms with Gasteiger partial charge in [0, 0.05) is 12.6 Å². The molecule has 0 aliphatic rings. The van der Waals surface area contributed by atoms with E-state index >= 15 is 0 Å². The van der Waals surface area contributed by atoms with Crippen LogP contribution in [0.3, 0.4) is 0 Å². The Morgan fingerprint density at radius 3 is 2.56 bits per heavy atom. The van der Waals surface area contributed by atoms with Gasteiger partial charge in [0.1, 0.15) is 10.2 Å². The Labute approximate surface area is 100 Å². The smallest absolute Gasteiger partial charge is 0.284 e. The molecule has 0 unspecified atom stereocenters. The Morgan fingerprint density at radius 1 is 1.31 bits per heavy atom. The second kappa shape index (κ2) is 4.09. The summed E-state index contributed by atoms with van der Waals surface area (Å²) in [7, 11) is 1.54. The summed E-state index contributed by atoms with van der Waals surface area (Å²) in [6.45, 7) is 0. The average Bonchev–Trinajstić information content (AvgIpc) is 2.32. The molecule has 2 aromatic rings. The van der Waals surface area contributed by atoms with Gasteiger partial charge < -0.3 is 5.11 Å². The van der Waals surface area contributed by atoms with Gasteiger partial charge in [0.15, 0.2) is 5.75 Å². The summed E-state index contributed by atoms with van der Waals surface area (Å²) < 4.78 is 1.32. The first-order chi connectivity index (χ1) is 7.61. The molecule has 0 amide bonds. The number of hydrogen-bond acceptors (Lipinski definition) is 3. The van der Waals surface area contributed by atoms with Crippen LogP contribution >= 0.6 is 15.9 Å². The Balaban J connectivity index is 2.73. The van der Waals surface area contributed by atoms with Crippen LogP contribution in [0, 0.1) is 0 Å². The zero-order valence-electron chi connectivity index (χ0n) is 8.51. The maximum absolute atomic E-state index is 11.5. The van der Waals surface area contributed by atoms with Gasteiger partial charge in [0.25, 0.3) is 5.56 Å². The third-order valence-electron chi connectivity index (χ3n) is 2.21. The summed E-state index contributed by atoms with van der Waals surface area (Å²) in [6, 6.07) is 9.19. The van der Waals surface area contributed by atoms with E-state index < -0.39 is 0 Å². The van der Waals surface area contributed by atoms with Crippen molar-refractivity contribution < 1.29 is 5.11 Å². The van der Waals surface area contributed by atoms with Crippen LogP contribution < -0.4 is 5.56 Å². The first kappa shape index (κ1) is 10.9. The molecule has 0 aliphatic carbocycles. The number of aromatic hydroxyl groups is 1. The van der Waals surface area contributed by atoms with Crippen LogP contribution in [0.25, 0.3) is 11.3 Å². The van der Waals surface area contributed by atoms with Crippen LogP contribution in [0.15, 0.2) is 39.6 Å². The Morgan fingerprint density at radius 2 is 1.94 bits per heavy atom. The van der Waals surface area contributed by atoms with Gasteiger partial charge in [-0.2, -0.15) is 5.10 Å². The van der Waals surface area contributed by atoms with Gasteiger partial charge in [-0.3, -0.25) is 4.79 Å². The zero-order valence-corrected chi connectivity index (χ0v) is 10.1. The number of hydrogen-bond donors (Lipinski definition) is 1. The van der Waals surface area contributed by atoms with Gasteiger partial charge in [-0.25, -0.2) is 4.68 Å². The number of halogens is 1. The minimum atomic E-state index is -0.364. The van der Waals surface area contributed by atoms with Crippen molar-refractivity contribution in [1.82, 2.24) is 9.78 Å². The van der Waals surface area contributed by atoms with Crippen molar-refractivity contribution in [3.63, 3.8) is 0 Å². The summed E-state index contributed by atoms with van der Waals surface area (Å²) in [5, 5.41) is 13.9. The second-order valence-electron chi connectivity index (χ2n) is 3.31. The molecule has 82 valence electrons. The minimum absolute atomic E-state index is 0.129. The summed E-state index contributed by atoms with van der Waals surface area (Å²) in [6.07, 6.45) is 0. The molecule has 0 bridgehead atoms. The predicted molar refractivity (Wildman–Crippen MR) is 64.3 cm³/mol. The quantitative estimate of drug-likeness (QED) is 0.868. The number of benzene rings is 1. The van der Waals surface area contributed by atoms with Crippen molar-refractivity contribution in [2.24, 2.45) is 7.05 Å². The molecule has 1 N–H and O–H groups in total. The highest BCUT2D eigenvalue weighted by Crippen LogP contribution is 2.30. The fourth-order valence-electron chi connectivity index (χ4n) is 1.38. The first-order valence-corrected chi connectivity index (χ1v) is 5.41. The molecule has 1 heterocycles. The van der Waals surface area contributed by atoms with Crippen molar-refractivity contribution in [2.75, 3.05) is 0 Å². The summed E-state index contributed by atoms with van der Waals surface area (Å²) in [5.41, 5.74) is 0.781. The van der Waals surface area contributed by atoms with Crippen LogP contribution in [-0.2, 0) is 7.05 Å². The minimum Gasteiger partial charge on any atom is -0.504 e. The van der Waals surface area contributed by atoms with Crippen molar-refractivity contribution in [3.05, 3.63) is 45.2 Å². The molecule has 5 heteroatoms. The Kier molecular flexibility index (Phi) is 2.78. The molecule has 0 spiro atoms. The molecule has 0 atom stereocenters. The van der Waals surface area contributed by atoms with Crippen LogP contribution in [0.4, 0.5) is 0 Å². The summed E-state index contributed by atoms with van der Waals surface area (Å²) in [4.78, 5) is 11.5. The number of aryl methyl sites for hydroxylation is 1. The molecule has 0 aliphatic heterocycles. The normalized spacial score (nSPS) is 10.4. The van der Waals surface area contributed by atoms with Crippen molar-refractivity contribution in [1.29, 1.82) is 0 Å². The number of aromatic nitrogens is 2. The lowest BCUT2D eigenvalue weighted by Gasteiger charge is -2.07. The first-order valence-electron chi connectivity index (χ1n) is 4.62. The van der Waals surface area contributed by atoms with Gasteiger partial charge >= 0.3 is 0 Å². The van der Waals surface area contributed by atoms with E-state index in [0.29, 0.717) is 5.69 Å². The molecule has 2 rings (SSSR count). The van der Waals surface area contributed by atoms with E-state index in [9.17, 15) is 9.90 Å². The lowest BCUT2D eigenvalue weighted by molar-refractivity contribution is 0.463.